The SMILES string of the molecule is BrC1=CN2CCCN=C2C(=NCc2ccncc2)N1.CC. The second-order valence-electron chi connectivity index (χ2n) is 4.37. The minimum atomic E-state index is 0.623. The standard InChI is InChI=1S/C13H14BrN5.C2H6/c14-11-9-19-7-1-4-16-13(19)12(18-11)17-8-10-2-5-15-6-3-10;1-2/h2-3,5-6,9H,1,4,7-8H2,(H,17,18);1-2H3. The minimum Gasteiger partial charge on any atom is -0.330 e. The van der Waals surface area contributed by atoms with Crippen LogP contribution in [-0.4, -0.2) is 34.6 Å². The molecule has 0 spiro atoms. The van der Waals surface area contributed by atoms with Crippen LogP contribution in [0, 0.1) is 0 Å². The van der Waals surface area contributed by atoms with Gasteiger partial charge in [0.1, 0.15) is 4.61 Å². The van der Waals surface area contributed by atoms with E-state index >= 15 is 0 Å². The van der Waals surface area contributed by atoms with Crippen molar-refractivity contribution in [3.8, 4) is 0 Å². The third-order valence-corrected chi connectivity index (χ3v) is 3.38. The molecule has 0 atom stereocenters. The Bertz CT molecular complexity index is 550. The van der Waals surface area contributed by atoms with Crippen LogP contribution in [0.2, 0.25) is 0 Å². The van der Waals surface area contributed by atoms with Gasteiger partial charge >= 0.3 is 0 Å². The van der Waals surface area contributed by atoms with Crippen LogP contribution in [-0.2, 0) is 6.54 Å². The lowest BCUT2D eigenvalue weighted by molar-refractivity contribution is 0.506. The summed E-state index contributed by atoms with van der Waals surface area (Å²) in [7, 11) is 0. The fourth-order valence-corrected chi connectivity index (χ4v) is 2.50. The number of amidine groups is 2. The summed E-state index contributed by atoms with van der Waals surface area (Å²) < 4.78 is 0.918. The Morgan fingerprint density at radius 3 is 2.86 bits per heavy atom. The highest BCUT2D eigenvalue weighted by Crippen LogP contribution is 2.15. The third kappa shape index (κ3) is 4.14. The minimum absolute atomic E-state index is 0.623. The average Bonchev–Trinajstić information content (AvgIpc) is 2.55. The molecule has 0 aliphatic carbocycles. The van der Waals surface area contributed by atoms with Crippen molar-refractivity contribution in [2.45, 2.75) is 26.8 Å². The Morgan fingerprint density at radius 1 is 1.33 bits per heavy atom. The fraction of sp³-hybridized carbons (Fsp3) is 0.400. The van der Waals surface area contributed by atoms with Gasteiger partial charge in [0.15, 0.2) is 11.7 Å². The third-order valence-electron chi connectivity index (χ3n) is 2.98. The fourth-order valence-electron chi connectivity index (χ4n) is 2.07. The van der Waals surface area contributed by atoms with Crippen molar-refractivity contribution in [3.05, 3.63) is 40.9 Å². The van der Waals surface area contributed by atoms with Crippen molar-refractivity contribution in [1.29, 1.82) is 0 Å². The molecule has 5 nitrogen and oxygen atoms in total. The van der Waals surface area contributed by atoms with E-state index in [4.69, 9.17) is 0 Å². The topological polar surface area (TPSA) is 52.9 Å². The largest absolute Gasteiger partial charge is 0.330 e. The van der Waals surface area contributed by atoms with E-state index in [1.165, 1.54) is 0 Å². The summed E-state index contributed by atoms with van der Waals surface area (Å²) >= 11 is 3.48. The molecule has 2 aliphatic rings. The Kier molecular flexibility index (Phi) is 5.92. The van der Waals surface area contributed by atoms with Crippen molar-refractivity contribution >= 4 is 27.6 Å². The van der Waals surface area contributed by atoms with Gasteiger partial charge in [0.05, 0.1) is 6.54 Å². The highest BCUT2D eigenvalue weighted by molar-refractivity contribution is 9.11. The van der Waals surface area contributed by atoms with E-state index in [-0.39, 0.29) is 0 Å². The highest BCUT2D eigenvalue weighted by atomic mass is 79.9. The van der Waals surface area contributed by atoms with Gasteiger partial charge in [-0.1, -0.05) is 13.8 Å². The number of nitrogens with zero attached hydrogens (tertiary/aromatic N) is 4. The molecule has 1 N–H and O–H groups in total. The van der Waals surface area contributed by atoms with E-state index in [0.717, 1.165) is 41.4 Å². The van der Waals surface area contributed by atoms with Crippen LogP contribution in [0.4, 0.5) is 0 Å². The van der Waals surface area contributed by atoms with Gasteiger partial charge in [0.2, 0.25) is 0 Å². The summed E-state index contributed by atoms with van der Waals surface area (Å²) in [5.41, 5.74) is 1.14. The molecule has 0 saturated heterocycles. The predicted octanol–water partition coefficient (Wildman–Crippen LogP) is 2.91. The summed E-state index contributed by atoms with van der Waals surface area (Å²) in [6, 6.07) is 3.94. The highest BCUT2D eigenvalue weighted by Gasteiger charge is 2.23. The molecule has 0 unspecified atom stereocenters. The first-order chi connectivity index (χ1) is 10.3. The Hall–Kier alpha value is -1.69. The summed E-state index contributed by atoms with van der Waals surface area (Å²) in [4.78, 5) is 15.3. The van der Waals surface area contributed by atoms with Crippen LogP contribution < -0.4 is 5.32 Å². The van der Waals surface area contributed by atoms with Crippen LogP contribution in [0.5, 0.6) is 0 Å². The van der Waals surface area contributed by atoms with Crippen molar-refractivity contribution in [2.75, 3.05) is 13.1 Å². The first kappa shape index (κ1) is 15.7. The molecule has 0 radical (unpaired) electrons. The number of pyridine rings is 1. The zero-order chi connectivity index (χ0) is 15.1. The van der Waals surface area contributed by atoms with Gasteiger partial charge in [-0.2, -0.15) is 0 Å². The van der Waals surface area contributed by atoms with Crippen molar-refractivity contribution in [3.63, 3.8) is 0 Å². The molecule has 0 fully saturated rings. The van der Waals surface area contributed by atoms with E-state index < -0.39 is 0 Å². The molecule has 1 aromatic heterocycles. The number of hydrogen-bond acceptors (Lipinski definition) is 4. The second kappa shape index (κ2) is 7.93. The molecule has 2 aliphatic heterocycles. The maximum atomic E-state index is 4.62. The molecule has 1 aromatic rings. The maximum Gasteiger partial charge on any atom is 0.171 e. The monoisotopic (exact) mass is 349 g/mol. The molecule has 6 heteroatoms. The zero-order valence-electron chi connectivity index (χ0n) is 12.4. The van der Waals surface area contributed by atoms with Crippen molar-refractivity contribution in [1.82, 2.24) is 15.2 Å². The molecular weight excluding hydrogens is 330 g/mol. The summed E-state index contributed by atoms with van der Waals surface area (Å²) in [5.74, 6) is 1.76. The molecule has 112 valence electrons. The van der Waals surface area contributed by atoms with Crippen molar-refractivity contribution in [2.24, 2.45) is 9.98 Å². The number of aromatic nitrogens is 1. The number of rotatable bonds is 2. The quantitative estimate of drug-likeness (QED) is 0.835. The predicted molar refractivity (Wildman–Crippen MR) is 90.5 cm³/mol. The van der Waals surface area contributed by atoms with Gasteiger partial charge in [-0.25, -0.2) is 0 Å². The van der Waals surface area contributed by atoms with Crippen LogP contribution in [0.25, 0.3) is 0 Å². The molecular formula is C15H20BrN5. The van der Waals surface area contributed by atoms with Gasteiger partial charge in [0, 0.05) is 31.7 Å². The van der Waals surface area contributed by atoms with Crippen LogP contribution in [0.15, 0.2) is 45.3 Å². The van der Waals surface area contributed by atoms with Gasteiger partial charge < -0.3 is 10.2 Å². The molecule has 3 heterocycles. The van der Waals surface area contributed by atoms with Crippen LogP contribution >= 0.6 is 15.9 Å². The molecule has 0 amide bonds. The first-order valence-corrected chi connectivity index (χ1v) is 8.01. The average molecular weight is 350 g/mol. The first-order valence-electron chi connectivity index (χ1n) is 7.22. The van der Waals surface area contributed by atoms with E-state index in [1.54, 1.807) is 12.4 Å². The van der Waals surface area contributed by atoms with Crippen molar-refractivity contribution < 1.29 is 0 Å². The summed E-state index contributed by atoms with van der Waals surface area (Å²) in [5, 5.41) is 3.23. The molecule has 0 bridgehead atoms. The lowest BCUT2D eigenvalue weighted by Gasteiger charge is -2.31. The summed E-state index contributed by atoms with van der Waals surface area (Å²) in [6.07, 6.45) is 6.66. The van der Waals surface area contributed by atoms with E-state index in [2.05, 4.69) is 41.1 Å². The molecule has 0 saturated carbocycles. The number of halogens is 1. The second-order valence-corrected chi connectivity index (χ2v) is 5.23. The van der Waals surface area contributed by atoms with Gasteiger partial charge in [-0.3, -0.25) is 15.0 Å². The summed E-state index contributed by atoms with van der Waals surface area (Å²) in [6.45, 7) is 6.48. The van der Waals surface area contributed by atoms with Crippen LogP contribution in [0.3, 0.4) is 0 Å². The Labute approximate surface area is 134 Å². The van der Waals surface area contributed by atoms with E-state index in [1.807, 2.05) is 32.2 Å². The van der Waals surface area contributed by atoms with Gasteiger partial charge in [0.25, 0.3) is 0 Å². The lowest BCUT2D eigenvalue weighted by Crippen LogP contribution is -2.46. The zero-order valence-corrected chi connectivity index (χ0v) is 14.0. The van der Waals surface area contributed by atoms with E-state index in [0.29, 0.717) is 6.54 Å². The molecule has 0 aromatic carbocycles. The number of hydrogen-bond donors (Lipinski definition) is 1. The number of aliphatic imine (C=N–C) groups is 2. The molecule has 21 heavy (non-hydrogen) atoms. The number of fused-ring (bicyclic) bond motifs is 1. The Balaban J connectivity index is 0.000000774. The maximum absolute atomic E-state index is 4.62. The van der Waals surface area contributed by atoms with Crippen LogP contribution in [0.1, 0.15) is 25.8 Å². The smallest absolute Gasteiger partial charge is 0.171 e. The Morgan fingerprint density at radius 2 is 2.10 bits per heavy atom. The van der Waals surface area contributed by atoms with Gasteiger partial charge in [-0.15, -0.1) is 0 Å². The van der Waals surface area contributed by atoms with Gasteiger partial charge in [-0.05, 0) is 40.0 Å². The lowest BCUT2D eigenvalue weighted by atomic mass is 10.2. The normalized spacial score (nSPS) is 18.8. The molecule has 3 rings (SSSR count). The number of nitrogens with one attached hydrogen (secondary N) is 1. The van der Waals surface area contributed by atoms with E-state index in [9.17, 15) is 0 Å².